The minimum atomic E-state index is -0.502. The van der Waals surface area contributed by atoms with E-state index in [1.165, 1.54) is 6.33 Å². The molecule has 2 aromatic carbocycles. The first-order valence-electron chi connectivity index (χ1n) is 8.66. The number of hydrogen-bond acceptors (Lipinski definition) is 5. The van der Waals surface area contributed by atoms with Crippen LogP contribution in [0, 0.1) is 0 Å². The van der Waals surface area contributed by atoms with E-state index in [1.807, 2.05) is 43.3 Å². The van der Waals surface area contributed by atoms with Crippen LogP contribution in [0.4, 0.5) is 11.6 Å². The molecule has 7 nitrogen and oxygen atoms in total. The minimum Gasteiger partial charge on any atom is -0.496 e. The predicted molar refractivity (Wildman–Crippen MR) is 108 cm³/mol. The zero-order valence-electron chi connectivity index (χ0n) is 15.3. The Morgan fingerprint density at radius 3 is 2.75 bits per heavy atom. The van der Waals surface area contributed by atoms with E-state index in [4.69, 9.17) is 16.3 Å². The minimum absolute atomic E-state index is 0.282. The Labute approximate surface area is 167 Å². The Bertz CT molecular complexity index is 1080. The molecule has 1 aliphatic heterocycles. The normalized spacial score (nSPS) is 15.6. The lowest BCUT2D eigenvalue weighted by atomic mass is 9.94. The van der Waals surface area contributed by atoms with E-state index in [1.54, 1.807) is 23.9 Å². The largest absolute Gasteiger partial charge is 0.496 e. The molecule has 3 aromatic rings. The Morgan fingerprint density at radius 2 is 1.96 bits per heavy atom. The molecule has 1 aromatic heterocycles. The average Bonchev–Trinajstić information content (AvgIpc) is 3.16. The van der Waals surface area contributed by atoms with Crippen molar-refractivity contribution < 1.29 is 9.53 Å². The number of allylic oxidation sites excluding steroid dienone is 1. The highest BCUT2D eigenvalue weighted by Gasteiger charge is 2.35. The highest BCUT2D eigenvalue weighted by atomic mass is 35.5. The summed E-state index contributed by atoms with van der Waals surface area (Å²) in [6.07, 6.45) is 1.45. The molecule has 142 valence electrons. The molecule has 8 heteroatoms. The van der Waals surface area contributed by atoms with Gasteiger partial charge in [0, 0.05) is 11.3 Å². The Hall–Kier alpha value is -3.32. The third-order valence-electron chi connectivity index (χ3n) is 4.59. The summed E-state index contributed by atoms with van der Waals surface area (Å²) in [6.45, 7) is 1.84. The van der Waals surface area contributed by atoms with E-state index >= 15 is 0 Å². The molecule has 0 bridgehead atoms. The highest BCUT2D eigenvalue weighted by Crippen LogP contribution is 2.39. The second-order valence-corrected chi connectivity index (χ2v) is 6.68. The zero-order chi connectivity index (χ0) is 19.7. The number of hydrogen-bond donors (Lipinski definition) is 2. The number of nitrogens with one attached hydrogen (secondary N) is 2. The van der Waals surface area contributed by atoms with Gasteiger partial charge in [0.25, 0.3) is 5.91 Å². The molecule has 2 N–H and O–H groups in total. The fourth-order valence-corrected chi connectivity index (χ4v) is 3.50. The lowest BCUT2D eigenvalue weighted by Crippen LogP contribution is -2.31. The number of halogens is 1. The molecular weight excluding hydrogens is 378 g/mol. The van der Waals surface area contributed by atoms with Crippen molar-refractivity contribution in [3.05, 3.63) is 76.7 Å². The number of nitrogens with zero attached hydrogens (tertiary/aromatic N) is 3. The standard InChI is InChI=1S/C20H18ClN5O2/c1-12-17(19(27)25-15-9-5-4-8-14(15)21)18(26-20(24-12)22-11-23-26)13-7-3-6-10-16(13)28-2/h3-11,18H,1-2H3,(H,25,27)(H,22,23,24). The van der Waals surface area contributed by atoms with Gasteiger partial charge in [0.2, 0.25) is 5.95 Å². The smallest absolute Gasteiger partial charge is 0.255 e. The first-order valence-corrected chi connectivity index (χ1v) is 9.04. The first-order chi connectivity index (χ1) is 13.6. The van der Waals surface area contributed by atoms with Crippen molar-refractivity contribution in [2.24, 2.45) is 0 Å². The number of para-hydroxylation sites is 2. The van der Waals surface area contributed by atoms with Crippen LogP contribution in [0.5, 0.6) is 5.75 Å². The number of carbonyl (C=O) groups excluding carboxylic acids is 1. The van der Waals surface area contributed by atoms with Crippen LogP contribution in [0.2, 0.25) is 5.02 Å². The summed E-state index contributed by atoms with van der Waals surface area (Å²) in [4.78, 5) is 17.5. The zero-order valence-corrected chi connectivity index (χ0v) is 16.1. The van der Waals surface area contributed by atoms with Gasteiger partial charge in [0.1, 0.15) is 18.1 Å². The van der Waals surface area contributed by atoms with Gasteiger partial charge in [-0.05, 0) is 25.1 Å². The van der Waals surface area contributed by atoms with Crippen molar-refractivity contribution in [1.82, 2.24) is 14.8 Å². The Morgan fingerprint density at radius 1 is 1.21 bits per heavy atom. The van der Waals surface area contributed by atoms with Crippen LogP contribution in [-0.4, -0.2) is 27.8 Å². The van der Waals surface area contributed by atoms with E-state index < -0.39 is 6.04 Å². The summed E-state index contributed by atoms with van der Waals surface area (Å²) < 4.78 is 7.21. The maximum Gasteiger partial charge on any atom is 0.255 e. The number of methoxy groups -OCH3 is 1. The molecule has 1 aliphatic rings. The SMILES string of the molecule is COc1ccccc1C1C(C(=O)Nc2ccccc2Cl)=C(C)Nc2ncnn21. The topological polar surface area (TPSA) is 81.1 Å². The van der Waals surface area contributed by atoms with Gasteiger partial charge in [-0.2, -0.15) is 10.1 Å². The van der Waals surface area contributed by atoms with Crippen molar-refractivity contribution in [3.8, 4) is 5.75 Å². The van der Waals surface area contributed by atoms with E-state index in [-0.39, 0.29) is 5.91 Å². The van der Waals surface area contributed by atoms with Gasteiger partial charge in [-0.25, -0.2) is 4.68 Å². The number of anilines is 2. The number of amides is 1. The maximum atomic E-state index is 13.3. The number of carbonyl (C=O) groups is 1. The lowest BCUT2D eigenvalue weighted by Gasteiger charge is -2.29. The number of fused-ring (bicyclic) bond motifs is 1. The lowest BCUT2D eigenvalue weighted by molar-refractivity contribution is -0.113. The molecule has 1 atom stereocenters. The van der Waals surface area contributed by atoms with Crippen LogP contribution in [0.3, 0.4) is 0 Å². The molecule has 1 unspecified atom stereocenters. The van der Waals surface area contributed by atoms with Gasteiger partial charge >= 0.3 is 0 Å². The van der Waals surface area contributed by atoms with E-state index in [9.17, 15) is 4.79 Å². The summed E-state index contributed by atoms with van der Waals surface area (Å²) in [7, 11) is 1.60. The Balaban J connectivity index is 1.81. The summed E-state index contributed by atoms with van der Waals surface area (Å²) >= 11 is 6.21. The molecule has 0 aliphatic carbocycles. The van der Waals surface area contributed by atoms with Crippen LogP contribution in [0.15, 0.2) is 66.1 Å². The summed E-state index contributed by atoms with van der Waals surface area (Å²) in [5.74, 6) is 0.935. The van der Waals surface area contributed by atoms with Crippen molar-refractivity contribution in [2.45, 2.75) is 13.0 Å². The number of benzene rings is 2. The van der Waals surface area contributed by atoms with E-state index in [2.05, 4.69) is 20.7 Å². The van der Waals surface area contributed by atoms with Crippen LogP contribution in [-0.2, 0) is 4.79 Å². The van der Waals surface area contributed by atoms with E-state index in [0.717, 1.165) is 5.56 Å². The van der Waals surface area contributed by atoms with Crippen molar-refractivity contribution in [2.75, 3.05) is 17.7 Å². The van der Waals surface area contributed by atoms with E-state index in [0.29, 0.717) is 33.7 Å². The second kappa shape index (κ2) is 7.36. The molecular formula is C20H18ClN5O2. The van der Waals surface area contributed by atoms with Gasteiger partial charge in [-0.15, -0.1) is 0 Å². The molecule has 0 radical (unpaired) electrons. The number of ether oxygens (including phenoxy) is 1. The van der Waals surface area contributed by atoms with Crippen molar-refractivity contribution in [3.63, 3.8) is 0 Å². The molecule has 4 rings (SSSR count). The van der Waals surface area contributed by atoms with Gasteiger partial charge in [0.15, 0.2) is 0 Å². The molecule has 0 fully saturated rings. The summed E-state index contributed by atoms with van der Waals surface area (Å²) in [6, 6.07) is 14.1. The van der Waals surface area contributed by atoms with Crippen molar-refractivity contribution in [1.29, 1.82) is 0 Å². The molecule has 0 saturated carbocycles. The van der Waals surface area contributed by atoms with Crippen molar-refractivity contribution >= 4 is 29.1 Å². The molecule has 0 spiro atoms. The third kappa shape index (κ3) is 3.10. The summed E-state index contributed by atoms with van der Waals surface area (Å²) in [5, 5.41) is 10.8. The van der Waals surface area contributed by atoms with Crippen LogP contribution in [0.25, 0.3) is 0 Å². The molecule has 1 amide bonds. The number of aromatic nitrogens is 3. The molecule has 0 saturated heterocycles. The quantitative estimate of drug-likeness (QED) is 0.700. The van der Waals surface area contributed by atoms with Gasteiger partial charge in [-0.3, -0.25) is 4.79 Å². The second-order valence-electron chi connectivity index (χ2n) is 6.27. The van der Waals surface area contributed by atoms with Gasteiger partial charge < -0.3 is 15.4 Å². The van der Waals surface area contributed by atoms with Crippen LogP contribution < -0.4 is 15.4 Å². The summed E-state index contributed by atoms with van der Waals surface area (Å²) in [5.41, 5.74) is 2.53. The average molecular weight is 396 g/mol. The predicted octanol–water partition coefficient (Wildman–Crippen LogP) is 3.87. The Kier molecular flexibility index (Phi) is 4.75. The third-order valence-corrected chi connectivity index (χ3v) is 4.92. The fourth-order valence-electron chi connectivity index (χ4n) is 3.32. The first kappa shape index (κ1) is 18.1. The highest BCUT2D eigenvalue weighted by molar-refractivity contribution is 6.33. The van der Waals surface area contributed by atoms with Gasteiger partial charge in [0.05, 0.1) is 23.4 Å². The molecule has 28 heavy (non-hydrogen) atoms. The van der Waals surface area contributed by atoms with Gasteiger partial charge in [-0.1, -0.05) is 41.9 Å². The maximum absolute atomic E-state index is 13.3. The monoisotopic (exact) mass is 395 g/mol. The van der Waals surface area contributed by atoms with Crippen LogP contribution >= 0.6 is 11.6 Å². The van der Waals surface area contributed by atoms with Crippen LogP contribution in [0.1, 0.15) is 18.5 Å². The molecule has 2 heterocycles. The fraction of sp³-hybridized carbons (Fsp3) is 0.150. The number of rotatable bonds is 4.